The van der Waals surface area contributed by atoms with Gasteiger partial charge in [0.1, 0.15) is 5.82 Å². The Balaban J connectivity index is 2.61. The van der Waals surface area contributed by atoms with Crippen LogP contribution in [-0.2, 0) is 0 Å². The molecule has 19 heavy (non-hydrogen) atoms. The van der Waals surface area contributed by atoms with Crippen molar-refractivity contribution in [2.75, 3.05) is 19.6 Å². The summed E-state index contributed by atoms with van der Waals surface area (Å²) in [7, 11) is 0. The van der Waals surface area contributed by atoms with Crippen molar-refractivity contribution in [2.24, 2.45) is 0 Å². The minimum Gasteiger partial charge on any atom is -0.351 e. The lowest BCUT2D eigenvalue weighted by atomic mass is 10.1. The number of nitro groups is 1. The molecule has 0 bridgehead atoms. The zero-order chi connectivity index (χ0) is 14.3. The lowest BCUT2D eigenvalue weighted by molar-refractivity contribution is -0.384. The van der Waals surface area contributed by atoms with Crippen LogP contribution in [-0.4, -0.2) is 30.5 Å². The molecule has 2 N–H and O–H groups in total. The molecule has 0 aromatic heterocycles. The van der Waals surface area contributed by atoms with Crippen molar-refractivity contribution in [3.63, 3.8) is 0 Å². The fraction of sp³-hybridized carbons (Fsp3) is 0.417. The first kappa shape index (κ1) is 15.0. The average molecular weight is 269 g/mol. The van der Waals surface area contributed by atoms with Crippen LogP contribution >= 0.6 is 0 Å². The number of non-ortho nitro benzene ring substituents is 1. The summed E-state index contributed by atoms with van der Waals surface area (Å²) in [6.45, 7) is 3.75. The highest BCUT2D eigenvalue weighted by atomic mass is 19.1. The van der Waals surface area contributed by atoms with Gasteiger partial charge in [0, 0.05) is 25.2 Å². The molecule has 6 nitrogen and oxygen atoms in total. The molecule has 0 aliphatic carbocycles. The molecule has 0 spiro atoms. The molecule has 0 saturated carbocycles. The van der Waals surface area contributed by atoms with Gasteiger partial charge < -0.3 is 10.6 Å². The van der Waals surface area contributed by atoms with Crippen molar-refractivity contribution in [3.05, 3.63) is 39.7 Å². The van der Waals surface area contributed by atoms with E-state index in [-0.39, 0.29) is 11.3 Å². The summed E-state index contributed by atoms with van der Waals surface area (Å²) in [6, 6.07) is 2.88. The Morgan fingerprint density at radius 2 is 2.11 bits per heavy atom. The summed E-state index contributed by atoms with van der Waals surface area (Å²) in [6.07, 6.45) is 0.980. The van der Waals surface area contributed by atoms with E-state index in [0.717, 1.165) is 31.2 Å². The van der Waals surface area contributed by atoms with E-state index in [2.05, 4.69) is 10.6 Å². The van der Waals surface area contributed by atoms with Crippen LogP contribution in [0.25, 0.3) is 0 Å². The van der Waals surface area contributed by atoms with Crippen molar-refractivity contribution in [3.8, 4) is 0 Å². The Morgan fingerprint density at radius 3 is 2.74 bits per heavy atom. The predicted molar refractivity (Wildman–Crippen MR) is 68.5 cm³/mol. The summed E-state index contributed by atoms with van der Waals surface area (Å²) in [5.41, 5.74) is -0.625. The van der Waals surface area contributed by atoms with Gasteiger partial charge >= 0.3 is 0 Å². The van der Waals surface area contributed by atoms with E-state index in [9.17, 15) is 19.3 Å². The Bertz CT molecular complexity index is 466. The number of nitro benzene ring substituents is 1. The first-order valence-electron chi connectivity index (χ1n) is 5.99. The van der Waals surface area contributed by atoms with Crippen molar-refractivity contribution < 1.29 is 14.1 Å². The van der Waals surface area contributed by atoms with Gasteiger partial charge in [0.05, 0.1) is 10.5 Å². The van der Waals surface area contributed by atoms with Crippen molar-refractivity contribution in [1.29, 1.82) is 0 Å². The second-order valence-corrected chi connectivity index (χ2v) is 3.93. The highest BCUT2D eigenvalue weighted by Crippen LogP contribution is 2.16. The predicted octanol–water partition coefficient (Wildman–Crippen LogP) is 1.46. The number of nitrogens with one attached hydrogen (secondary N) is 2. The molecule has 0 radical (unpaired) electrons. The molecule has 0 aliphatic rings. The van der Waals surface area contributed by atoms with Gasteiger partial charge in [0.15, 0.2) is 0 Å². The number of hydrogen-bond acceptors (Lipinski definition) is 4. The topological polar surface area (TPSA) is 84.3 Å². The maximum Gasteiger partial charge on any atom is 0.270 e. The number of benzene rings is 1. The standard InChI is InChI=1S/C12H16FN3O3/c1-2-5-14-6-7-15-12(17)10-8-9(16(18)19)3-4-11(10)13/h3-4,8,14H,2,5-7H2,1H3,(H,15,17). The van der Waals surface area contributed by atoms with Gasteiger partial charge in [-0.3, -0.25) is 14.9 Å². The number of carbonyl (C=O) groups is 1. The lowest BCUT2D eigenvalue weighted by Crippen LogP contribution is -2.32. The number of halogens is 1. The molecule has 0 unspecified atom stereocenters. The van der Waals surface area contributed by atoms with Crippen LogP contribution in [0.15, 0.2) is 18.2 Å². The van der Waals surface area contributed by atoms with E-state index in [0.29, 0.717) is 13.1 Å². The number of amides is 1. The van der Waals surface area contributed by atoms with E-state index in [1.165, 1.54) is 0 Å². The smallest absolute Gasteiger partial charge is 0.270 e. The van der Waals surface area contributed by atoms with Crippen LogP contribution in [0.4, 0.5) is 10.1 Å². The van der Waals surface area contributed by atoms with Crippen LogP contribution < -0.4 is 10.6 Å². The first-order chi connectivity index (χ1) is 9.06. The summed E-state index contributed by atoms with van der Waals surface area (Å²) in [5.74, 6) is -1.43. The minimum atomic E-state index is -0.774. The molecular weight excluding hydrogens is 253 g/mol. The van der Waals surface area contributed by atoms with E-state index >= 15 is 0 Å². The van der Waals surface area contributed by atoms with Gasteiger partial charge in [-0.2, -0.15) is 0 Å². The monoisotopic (exact) mass is 269 g/mol. The van der Waals surface area contributed by atoms with Crippen LogP contribution in [0, 0.1) is 15.9 Å². The fourth-order valence-corrected chi connectivity index (χ4v) is 1.46. The highest BCUT2D eigenvalue weighted by molar-refractivity contribution is 5.95. The lowest BCUT2D eigenvalue weighted by Gasteiger charge is -2.06. The molecule has 0 aliphatic heterocycles. The zero-order valence-corrected chi connectivity index (χ0v) is 10.6. The van der Waals surface area contributed by atoms with Crippen LogP contribution in [0.2, 0.25) is 0 Å². The SMILES string of the molecule is CCCNCCNC(=O)c1cc([N+](=O)[O-])ccc1F. The largest absolute Gasteiger partial charge is 0.351 e. The second kappa shape index (κ2) is 7.42. The van der Waals surface area contributed by atoms with Crippen LogP contribution in [0.3, 0.4) is 0 Å². The van der Waals surface area contributed by atoms with Crippen LogP contribution in [0.1, 0.15) is 23.7 Å². The Kier molecular flexibility index (Phi) is 5.87. The molecule has 1 rings (SSSR count). The summed E-state index contributed by atoms with van der Waals surface area (Å²) >= 11 is 0. The summed E-state index contributed by atoms with van der Waals surface area (Å²) in [5, 5.41) is 16.1. The van der Waals surface area contributed by atoms with Crippen molar-refractivity contribution in [2.45, 2.75) is 13.3 Å². The minimum absolute atomic E-state index is 0.310. The molecule has 104 valence electrons. The number of carbonyl (C=O) groups excluding carboxylic acids is 1. The fourth-order valence-electron chi connectivity index (χ4n) is 1.46. The first-order valence-corrected chi connectivity index (χ1v) is 5.99. The number of nitrogens with zero attached hydrogens (tertiary/aromatic N) is 1. The maximum atomic E-state index is 13.4. The molecule has 7 heteroatoms. The third-order valence-corrected chi connectivity index (χ3v) is 2.42. The van der Waals surface area contributed by atoms with Gasteiger partial charge in [-0.05, 0) is 19.0 Å². The van der Waals surface area contributed by atoms with E-state index in [4.69, 9.17) is 0 Å². The Morgan fingerprint density at radius 1 is 1.37 bits per heavy atom. The van der Waals surface area contributed by atoms with Gasteiger partial charge in [0.25, 0.3) is 11.6 Å². The summed E-state index contributed by atoms with van der Waals surface area (Å²) in [4.78, 5) is 21.6. The molecule has 0 saturated heterocycles. The van der Waals surface area contributed by atoms with Crippen molar-refractivity contribution >= 4 is 11.6 Å². The maximum absolute atomic E-state index is 13.4. The molecular formula is C12H16FN3O3. The van der Waals surface area contributed by atoms with Crippen LogP contribution in [0.5, 0.6) is 0 Å². The molecule has 0 fully saturated rings. The number of hydrogen-bond donors (Lipinski definition) is 2. The van der Waals surface area contributed by atoms with Crippen molar-refractivity contribution in [1.82, 2.24) is 10.6 Å². The molecule has 1 amide bonds. The summed E-state index contributed by atoms with van der Waals surface area (Å²) < 4.78 is 13.4. The van der Waals surface area contributed by atoms with E-state index in [1.807, 2.05) is 6.92 Å². The highest BCUT2D eigenvalue weighted by Gasteiger charge is 2.16. The zero-order valence-electron chi connectivity index (χ0n) is 10.6. The number of rotatable bonds is 7. The van der Waals surface area contributed by atoms with Gasteiger partial charge in [-0.25, -0.2) is 4.39 Å². The normalized spacial score (nSPS) is 10.2. The molecule has 0 atom stereocenters. The Hall–Kier alpha value is -2.02. The quantitative estimate of drug-likeness (QED) is 0.446. The average Bonchev–Trinajstić information content (AvgIpc) is 2.38. The van der Waals surface area contributed by atoms with Gasteiger partial charge in [-0.1, -0.05) is 6.92 Å². The third-order valence-electron chi connectivity index (χ3n) is 2.42. The van der Waals surface area contributed by atoms with E-state index < -0.39 is 16.6 Å². The molecule has 1 aromatic carbocycles. The second-order valence-electron chi connectivity index (χ2n) is 3.93. The van der Waals surface area contributed by atoms with Gasteiger partial charge in [-0.15, -0.1) is 0 Å². The van der Waals surface area contributed by atoms with E-state index in [1.54, 1.807) is 0 Å². The third kappa shape index (κ3) is 4.63. The van der Waals surface area contributed by atoms with Gasteiger partial charge in [0.2, 0.25) is 0 Å². The Labute approximate surface area is 110 Å². The molecule has 0 heterocycles. The molecule has 1 aromatic rings.